The molecular weight excluding hydrogens is 268 g/mol. The van der Waals surface area contributed by atoms with Gasteiger partial charge >= 0.3 is 12.0 Å². The molecule has 0 aromatic rings. The van der Waals surface area contributed by atoms with Crippen LogP contribution in [0.2, 0.25) is 0 Å². The fourth-order valence-electron chi connectivity index (χ4n) is 1.69. The normalized spacial score (nSPS) is 15.9. The number of urea groups is 1. The summed E-state index contributed by atoms with van der Waals surface area (Å²) in [6.07, 6.45) is 1.97. The summed E-state index contributed by atoms with van der Waals surface area (Å²) in [7, 11) is 0. The largest absolute Gasteiger partial charge is 0.481 e. The number of hydrogen-bond donors (Lipinski definition) is 3. The highest BCUT2D eigenvalue weighted by atomic mass is 32.2. The molecule has 7 heteroatoms. The van der Waals surface area contributed by atoms with Crippen molar-refractivity contribution in [3.05, 3.63) is 0 Å². The molecule has 0 radical (unpaired) electrons. The lowest BCUT2D eigenvalue weighted by Gasteiger charge is -2.12. The molecule has 0 unspecified atom stereocenters. The van der Waals surface area contributed by atoms with Gasteiger partial charge in [0.1, 0.15) is 0 Å². The van der Waals surface area contributed by atoms with Gasteiger partial charge in [0.05, 0.1) is 12.2 Å². The van der Waals surface area contributed by atoms with Crippen molar-refractivity contribution in [1.82, 2.24) is 10.6 Å². The molecule has 3 N–H and O–H groups in total. The van der Waals surface area contributed by atoms with Crippen LogP contribution in [-0.2, 0) is 9.59 Å². The van der Waals surface area contributed by atoms with E-state index in [4.69, 9.17) is 5.11 Å². The Balaban J connectivity index is 2.17. The van der Waals surface area contributed by atoms with Gasteiger partial charge in [0.25, 0.3) is 0 Å². The van der Waals surface area contributed by atoms with Gasteiger partial charge in [0.15, 0.2) is 0 Å². The molecule has 0 aliphatic heterocycles. The van der Waals surface area contributed by atoms with Crippen LogP contribution in [0.25, 0.3) is 0 Å². The molecule has 3 amide bonds. The minimum Gasteiger partial charge on any atom is -0.481 e. The molecule has 0 aromatic carbocycles. The lowest BCUT2D eigenvalue weighted by Crippen LogP contribution is -2.43. The Morgan fingerprint density at radius 2 is 1.95 bits per heavy atom. The van der Waals surface area contributed by atoms with Gasteiger partial charge in [-0.3, -0.25) is 14.9 Å². The molecule has 0 spiro atoms. The summed E-state index contributed by atoms with van der Waals surface area (Å²) in [6.45, 7) is 3.61. The average Bonchev–Trinajstić information content (AvgIpc) is 2.94. The molecule has 108 valence electrons. The van der Waals surface area contributed by atoms with Crippen LogP contribution in [0.15, 0.2) is 0 Å². The van der Waals surface area contributed by atoms with E-state index in [0.717, 1.165) is 12.8 Å². The van der Waals surface area contributed by atoms with E-state index in [2.05, 4.69) is 10.6 Å². The van der Waals surface area contributed by atoms with Crippen LogP contribution in [0.5, 0.6) is 0 Å². The molecule has 0 aromatic heterocycles. The highest BCUT2D eigenvalue weighted by Gasteiger charge is 2.44. The average molecular weight is 288 g/mol. The third kappa shape index (κ3) is 6.47. The van der Waals surface area contributed by atoms with E-state index in [1.807, 2.05) is 13.8 Å². The van der Waals surface area contributed by atoms with Crippen molar-refractivity contribution in [2.75, 3.05) is 11.5 Å². The Labute approximate surface area is 116 Å². The fraction of sp³-hybridized carbons (Fsp3) is 0.750. The lowest BCUT2D eigenvalue weighted by molar-refractivity contribution is -0.138. The zero-order chi connectivity index (χ0) is 14.5. The Kier molecular flexibility index (Phi) is 5.65. The predicted octanol–water partition coefficient (Wildman–Crippen LogP) is 1.21. The van der Waals surface area contributed by atoms with Crippen LogP contribution in [0.1, 0.15) is 33.1 Å². The smallest absolute Gasteiger partial charge is 0.321 e. The second-order valence-electron chi connectivity index (χ2n) is 5.24. The van der Waals surface area contributed by atoms with E-state index in [1.54, 1.807) is 0 Å². The molecule has 1 aliphatic carbocycles. The molecule has 0 bridgehead atoms. The first kappa shape index (κ1) is 15.8. The molecule has 0 heterocycles. The SMILES string of the molecule is CC(C)NC(=O)NC(=O)CSCC1(CC(=O)O)CC1. The van der Waals surface area contributed by atoms with Gasteiger partial charge in [-0.2, -0.15) is 11.8 Å². The number of nitrogens with one attached hydrogen (secondary N) is 2. The summed E-state index contributed by atoms with van der Waals surface area (Å²) in [6, 6.07) is -0.516. The Bertz CT molecular complexity index is 367. The monoisotopic (exact) mass is 288 g/mol. The lowest BCUT2D eigenvalue weighted by atomic mass is 10.1. The maximum atomic E-state index is 11.5. The van der Waals surface area contributed by atoms with Crippen LogP contribution < -0.4 is 10.6 Å². The van der Waals surface area contributed by atoms with Crippen molar-refractivity contribution in [2.45, 2.75) is 39.2 Å². The fourth-order valence-corrected chi connectivity index (χ4v) is 2.87. The van der Waals surface area contributed by atoms with E-state index < -0.39 is 12.0 Å². The summed E-state index contributed by atoms with van der Waals surface area (Å²) >= 11 is 1.38. The van der Waals surface area contributed by atoms with Crippen molar-refractivity contribution in [2.24, 2.45) is 5.41 Å². The number of imide groups is 1. The van der Waals surface area contributed by atoms with Gasteiger partial charge in [-0.1, -0.05) is 0 Å². The highest BCUT2D eigenvalue weighted by molar-refractivity contribution is 8.00. The Morgan fingerprint density at radius 1 is 1.32 bits per heavy atom. The maximum absolute atomic E-state index is 11.5. The van der Waals surface area contributed by atoms with Crippen molar-refractivity contribution < 1.29 is 19.5 Å². The number of carboxylic acid groups (broad SMARTS) is 1. The van der Waals surface area contributed by atoms with E-state index in [1.165, 1.54) is 11.8 Å². The quantitative estimate of drug-likeness (QED) is 0.654. The van der Waals surface area contributed by atoms with Crippen LogP contribution in [0.4, 0.5) is 4.79 Å². The van der Waals surface area contributed by atoms with Gasteiger partial charge in [0, 0.05) is 6.04 Å². The van der Waals surface area contributed by atoms with E-state index in [9.17, 15) is 14.4 Å². The first-order chi connectivity index (χ1) is 8.83. The number of rotatable bonds is 7. The minimum atomic E-state index is -0.793. The van der Waals surface area contributed by atoms with Crippen molar-refractivity contribution >= 4 is 29.7 Å². The number of hydrogen-bond acceptors (Lipinski definition) is 4. The number of carbonyl (C=O) groups is 3. The molecule has 1 fully saturated rings. The van der Waals surface area contributed by atoms with Crippen molar-refractivity contribution in [1.29, 1.82) is 0 Å². The number of aliphatic carboxylic acids is 1. The van der Waals surface area contributed by atoms with E-state index in [0.29, 0.717) is 5.75 Å². The van der Waals surface area contributed by atoms with E-state index in [-0.39, 0.29) is 29.5 Å². The number of carboxylic acids is 1. The van der Waals surface area contributed by atoms with Gasteiger partial charge in [0.2, 0.25) is 5.91 Å². The zero-order valence-corrected chi connectivity index (χ0v) is 12.0. The maximum Gasteiger partial charge on any atom is 0.321 e. The third-order valence-electron chi connectivity index (χ3n) is 2.80. The molecule has 0 atom stereocenters. The number of thioether (sulfide) groups is 1. The summed E-state index contributed by atoms with van der Waals surface area (Å²) in [5, 5.41) is 13.6. The standard InChI is InChI=1S/C12H20N2O4S/c1-8(2)13-11(18)14-9(15)6-19-7-12(3-4-12)5-10(16)17/h8H,3-7H2,1-2H3,(H,16,17)(H2,13,14,15,18). The molecule has 1 rings (SSSR count). The number of carbonyl (C=O) groups excluding carboxylic acids is 2. The molecule has 1 saturated carbocycles. The predicted molar refractivity (Wildman–Crippen MR) is 73.1 cm³/mol. The molecule has 6 nitrogen and oxygen atoms in total. The second-order valence-corrected chi connectivity index (χ2v) is 6.23. The summed E-state index contributed by atoms with van der Waals surface area (Å²) in [5.74, 6) is -0.320. The van der Waals surface area contributed by atoms with Crippen molar-refractivity contribution in [3.8, 4) is 0 Å². The topological polar surface area (TPSA) is 95.5 Å². The van der Waals surface area contributed by atoms with Crippen LogP contribution in [-0.4, -0.2) is 40.6 Å². The Morgan fingerprint density at radius 3 is 2.42 bits per heavy atom. The van der Waals surface area contributed by atoms with Crippen LogP contribution >= 0.6 is 11.8 Å². The van der Waals surface area contributed by atoms with Gasteiger partial charge in [-0.15, -0.1) is 0 Å². The Hall–Kier alpha value is -1.24. The first-order valence-electron chi connectivity index (χ1n) is 6.23. The van der Waals surface area contributed by atoms with Gasteiger partial charge < -0.3 is 10.4 Å². The van der Waals surface area contributed by atoms with E-state index >= 15 is 0 Å². The highest BCUT2D eigenvalue weighted by Crippen LogP contribution is 2.50. The summed E-state index contributed by atoms with van der Waals surface area (Å²) < 4.78 is 0. The van der Waals surface area contributed by atoms with Crippen LogP contribution in [0, 0.1) is 5.41 Å². The molecular formula is C12H20N2O4S. The van der Waals surface area contributed by atoms with Crippen LogP contribution in [0.3, 0.4) is 0 Å². The molecule has 0 saturated heterocycles. The summed E-state index contributed by atoms with van der Waals surface area (Å²) in [5.41, 5.74) is -0.128. The number of amides is 3. The third-order valence-corrected chi connectivity index (χ3v) is 4.08. The summed E-state index contributed by atoms with van der Waals surface area (Å²) in [4.78, 5) is 33.4. The minimum absolute atomic E-state index is 0.0225. The molecule has 1 aliphatic rings. The van der Waals surface area contributed by atoms with Gasteiger partial charge in [-0.05, 0) is 37.9 Å². The van der Waals surface area contributed by atoms with Gasteiger partial charge in [-0.25, -0.2) is 4.79 Å². The molecule has 19 heavy (non-hydrogen) atoms. The first-order valence-corrected chi connectivity index (χ1v) is 7.38. The second kappa shape index (κ2) is 6.79. The van der Waals surface area contributed by atoms with Crippen molar-refractivity contribution in [3.63, 3.8) is 0 Å². The zero-order valence-electron chi connectivity index (χ0n) is 11.2.